The highest BCUT2D eigenvalue weighted by atomic mass is 19.1. The molecule has 0 atom stereocenters. The van der Waals surface area contributed by atoms with Crippen LogP contribution in [0.1, 0.15) is 44.8 Å². The number of halogens is 2. The highest BCUT2D eigenvalue weighted by Crippen LogP contribution is 2.39. The summed E-state index contributed by atoms with van der Waals surface area (Å²) in [4.78, 5) is 16.2. The zero-order chi connectivity index (χ0) is 34.1. The summed E-state index contributed by atoms with van der Waals surface area (Å²) in [5, 5.41) is 0. The first-order chi connectivity index (χ1) is 23.5. The topological polar surface area (TPSA) is 60.3 Å². The van der Waals surface area contributed by atoms with E-state index in [4.69, 9.17) is 4.98 Å². The molecule has 1 aliphatic heterocycles. The molecular formula is C43H36F2N4. The number of hydrogen-bond acceptors (Lipinski definition) is 1. The third-order valence-corrected chi connectivity index (χ3v) is 9.58. The Labute approximate surface area is 283 Å². The van der Waals surface area contributed by atoms with Crippen molar-refractivity contribution < 1.29 is 8.78 Å². The molecular weight excluding hydrogens is 610 g/mol. The second-order valence-corrected chi connectivity index (χ2v) is 13.4. The van der Waals surface area contributed by atoms with E-state index in [0.717, 1.165) is 95.1 Å². The monoisotopic (exact) mass is 646 g/mol. The molecule has 49 heavy (non-hydrogen) atoms. The zero-order valence-corrected chi connectivity index (χ0v) is 28.4. The minimum atomic E-state index is -0.638. The molecule has 7 aromatic rings. The Morgan fingerprint density at radius 2 is 0.796 bits per heavy atom. The van der Waals surface area contributed by atoms with Crippen LogP contribution >= 0.6 is 0 Å². The lowest BCUT2D eigenvalue weighted by molar-refractivity contribution is 0.584. The van der Waals surface area contributed by atoms with Gasteiger partial charge in [-0.25, -0.2) is 13.8 Å². The van der Waals surface area contributed by atoms with E-state index in [0.29, 0.717) is 11.1 Å². The number of rotatable bonds is 3. The highest BCUT2D eigenvalue weighted by Gasteiger charge is 2.19. The van der Waals surface area contributed by atoms with E-state index in [-0.39, 0.29) is 0 Å². The van der Waals surface area contributed by atoms with Crippen LogP contribution < -0.4 is 0 Å². The number of fused-ring (bicyclic) bond motifs is 9. The molecule has 242 valence electrons. The van der Waals surface area contributed by atoms with E-state index >= 15 is 0 Å². The number of hydrogen-bond donors (Lipinski definition) is 3. The van der Waals surface area contributed by atoms with Crippen molar-refractivity contribution in [1.29, 1.82) is 0 Å². The van der Waals surface area contributed by atoms with Gasteiger partial charge in [0.1, 0.15) is 11.6 Å². The summed E-state index contributed by atoms with van der Waals surface area (Å²) in [6.07, 6.45) is 4.12. The van der Waals surface area contributed by atoms with Gasteiger partial charge in [-0.1, -0.05) is 35.4 Å². The Morgan fingerprint density at radius 1 is 0.408 bits per heavy atom. The number of aryl methyl sites for hydroxylation is 6. The van der Waals surface area contributed by atoms with Gasteiger partial charge in [-0.2, -0.15) is 0 Å². The number of H-pyrrole nitrogens is 3. The van der Waals surface area contributed by atoms with Crippen molar-refractivity contribution in [3.05, 3.63) is 135 Å². The van der Waals surface area contributed by atoms with E-state index < -0.39 is 11.6 Å². The van der Waals surface area contributed by atoms with Crippen LogP contribution in [-0.2, 0) is 0 Å². The fraction of sp³-hybridized carbons (Fsp3) is 0.140. The Morgan fingerprint density at radius 3 is 1.31 bits per heavy atom. The molecule has 0 fully saturated rings. The molecule has 0 radical (unpaired) electrons. The lowest BCUT2D eigenvalue weighted by Crippen LogP contribution is -1.93. The van der Waals surface area contributed by atoms with Crippen molar-refractivity contribution in [1.82, 2.24) is 19.9 Å². The molecule has 3 N–H and O–H groups in total. The summed E-state index contributed by atoms with van der Waals surface area (Å²) in [7, 11) is 0. The Balaban J connectivity index is 1.60. The van der Waals surface area contributed by atoms with Crippen LogP contribution in [0.25, 0.3) is 78.6 Å². The third kappa shape index (κ3) is 5.24. The van der Waals surface area contributed by atoms with Gasteiger partial charge in [0.2, 0.25) is 0 Å². The normalized spacial score (nSPS) is 12.0. The van der Waals surface area contributed by atoms with E-state index in [9.17, 15) is 8.78 Å². The molecule has 1 aliphatic rings. The van der Waals surface area contributed by atoms with Crippen LogP contribution in [0.2, 0.25) is 0 Å². The van der Waals surface area contributed by atoms with Crippen LogP contribution in [0.15, 0.2) is 78.9 Å². The largest absolute Gasteiger partial charge is 0.354 e. The van der Waals surface area contributed by atoms with Crippen LogP contribution in [0.3, 0.4) is 0 Å². The maximum atomic E-state index is 14.9. The summed E-state index contributed by atoms with van der Waals surface area (Å²) >= 11 is 0. The molecule has 8 rings (SSSR count). The number of aromatic amines is 3. The Bertz CT molecular complexity index is 2580. The van der Waals surface area contributed by atoms with Crippen molar-refractivity contribution in [3.63, 3.8) is 0 Å². The molecule has 3 aromatic carbocycles. The summed E-state index contributed by atoms with van der Waals surface area (Å²) < 4.78 is 29.7. The first kappa shape index (κ1) is 30.6. The van der Waals surface area contributed by atoms with Crippen LogP contribution in [-0.4, -0.2) is 19.9 Å². The van der Waals surface area contributed by atoms with Crippen molar-refractivity contribution in [3.8, 4) is 33.4 Å². The van der Waals surface area contributed by atoms with E-state index in [2.05, 4.69) is 105 Å². The molecule has 0 saturated carbocycles. The predicted octanol–water partition coefficient (Wildman–Crippen LogP) is 11.8. The molecule has 0 saturated heterocycles. The maximum Gasteiger partial charge on any atom is 0.126 e. The van der Waals surface area contributed by atoms with Gasteiger partial charge < -0.3 is 15.0 Å². The average Bonchev–Trinajstić information content (AvgIpc) is 3.84. The van der Waals surface area contributed by atoms with Crippen LogP contribution in [0.5, 0.6) is 0 Å². The minimum Gasteiger partial charge on any atom is -0.354 e. The fourth-order valence-electron chi connectivity index (χ4n) is 7.83. The van der Waals surface area contributed by atoms with Crippen molar-refractivity contribution in [2.24, 2.45) is 0 Å². The fourth-order valence-corrected chi connectivity index (χ4v) is 7.83. The predicted molar refractivity (Wildman–Crippen MR) is 200 cm³/mol. The molecule has 0 aliphatic carbocycles. The van der Waals surface area contributed by atoms with E-state index in [1.165, 1.54) is 23.3 Å². The highest BCUT2D eigenvalue weighted by molar-refractivity contribution is 6.01. The van der Waals surface area contributed by atoms with Gasteiger partial charge in [0.05, 0.1) is 16.9 Å². The molecule has 4 nitrogen and oxygen atoms in total. The Hall–Kier alpha value is -5.75. The number of nitrogens with zero attached hydrogens (tertiary/aromatic N) is 1. The van der Waals surface area contributed by atoms with Crippen molar-refractivity contribution in [2.75, 3.05) is 0 Å². The molecule has 0 unspecified atom stereocenters. The van der Waals surface area contributed by atoms with E-state index in [1.54, 1.807) is 0 Å². The van der Waals surface area contributed by atoms with E-state index in [1.807, 2.05) is 24.3 Å². The number of benzene rings is 3. The minimum absolute atomic E-state index is 0.424. The quantitative estimate of drug-likeness (QED) is 0.176. The molecule has 0 amide bonds. The lowest BCUT2D eigenvalue weighted by Gasteiger charge is -2.13. The summed E-state index contributed by atoms with van der Waals surface area (Å²) in [5.74, 6) is -1.28. The number of aromatic nitrogens is 4. The van der Waals surface area contributed by atoms with Crippen molar-refractivity contribution >= 4 is 45.3 Å². The van der Waals surface area contributed by atoms with Gasteiger partial charge in [-0.15, -0.1) is 0 Å². The molecule has 8 bridgehead atoms. The first-order valence-corrected chi connectivity index (χ1v) is 16.5. The van der Waals surface area contributed by atoms with Gasteiger partial charge in [-0.05, 0) is 141 Å². The standard InChI is InChI=1S/C43H36F2N4/c1-22-15-24(3)39(25(4)16-22)42-35-9-7-31(46-35)32-8-10-36(47-32)43(40-26(5)17-23(2)18-27(40)6)38-14-12-34(49-38)41(33-11-13-37(42)48-33)28-19-29(44)21-30(45)20-28/h7-21,46,48-49H,1-6H3. The van der Waals surface area contributed by atoms with Gasteiger partial charge in [0.15, 0.2) is 0 Å². The summed E-state index contributed by atoms with van der Waals surface area (Å²) in [6.45, 7) is 12.7. The molecule has 5 heterocycles. The second-order valence-electron chi connectivity index (χ2n) is 13.4. The smallest absolute Gasteiger partial charge is 0.126 e. The van der Waals surface area contributed by atoms with Gasteiger partial charge in [-0.3, -0.25) is 0 Å². The Kier molecular flexibility index (Phi) is 7.14. The average molecular weight is 647 g/mol. The summed E-state index contributed by atoms with van der Waals surface area (Å²) in [6, 6.07) is 24.7. The van der Waals surface area contributed by atoms with Crippen LogP contribution in [0, 0.1) is 53.2 Å². The maximum absolute atomic E-state index is 14.9. The van der Waals surface area contributed by atoms with Crippen molar-refractivity contribution in [2.45, 2.75) is 41.5 Å². The zero-order valence-electron chi connectivity index (χ0n) is 28.4. The summed E-state index contributed by atoms with van der Waals surface area (Å²) in [5.41, 5.74) is 18.9. The number of nitrogens with one attached hydrogen (secondary N) is 3. The molecule has 6 heteroatoms. The molecule has 4 aromatic heterocycles. The van der Waals surface area contributed by atoms with Gasteiger partial charge in [0.25, 0.3) is 0 Å². The second kappa shape index (κ2) is 11.4. The molecule has 0 spiro atoms. The van der Waals surface area contributed by atoms with Crippen LogP contribution in [0.4, 0.5) is 8.78 Å². The van der Waals surface area contributed by atoms with Gasteiger partial charge >= 0.3 is 0 Å². The lowest BCUT2D eigenvalue weighted by atomic mass is 9.92. The first-order valence-electron chi connectivity index (χ1n) is 16.5. The third-order valence-electron chi connectivity index (χ3n) is 9.58. The SMILES string of the molecule is Cc1cc(C)c(-c2c3nc(c4ccc([nH]4)c(-c4c(C)cc(C)cc4C)c4ccc([nH]4)c(-c4cc(F)cc(F)c4)c4ccc2[nH]4)C=C3)c(C)c1. The van der Waals surface area contributed by atoms with Gasteiger partial charge in [0, 0.05) is 50.3 Å².